The predicted molar refractivity (Wildman–Crippen MR) is 117 cm³/mol. The lowest BCUT2D eigenvalue weighted by molar-refractivity contribution is -0.122. The van der Waals surface area contributed by atoms with E-state index in [2.05, 4.69) is 24.1 Å². The van der Waals surface area contributed by atoms with Gasteiger partial charge < -0.3 is 9.32 Å². The third-order valence-corrected chi connectivity index (χ3v) is 5.52. The van der Waals surface area contributed by atoms with E-state index in [0.29, 0.717) is 17.4 Å². The molecule has 2 aromatic rings. The van der Waals surface area contributed by atoms with Gasteiger partial charge in [-0.15, -0.1) is 0 Å². The molecule has 0 saturated carbocycles. The standard InChI is InChI=1S/C22H23N3O3S/c1-14(2)15-5-7-16(8-6-15)25-21(27)18(20(26)23-22(25)29)13-17-9-10-19(28-17)24-11-3-4-12-24/h5-10,13-14H,3-4,11-12H2,1-2H3,(H,23,26,29)/b18-13+. The fourth-order valence-electron chi connectivity index (χ4n) is 3.57. The van der Waals surface area contributed by atoms with Crippen LogP contribution in [-0.2, 0) is 9.59 Å². The van der Waals surface area contributed by atoms with Crippen molar-refractivity contribution in [3.8, 4) is 0 Å². The first kappa shape index (κ1) is 19.4. The summed E-state index contributed by atoms with van der Waals surface area (Å²) in [4.78, 5) is 29.0. The van der Waals surface area contributed by atoms with Crippen molar-refractivity contribution in [3.63, 3.8) is 0 Å². The fourth-order valence-corrected chi connectivity index (χ4v) is 3.85. The summed E-state index contributed by atoms with van der Waals surface area (Å²) in [5.41, 5.74) is 1.77. The van der Waals surface area contributed by atoms with Crippen LogP contribution in [0.5, 0.6) is 0 Å². The van der Waals surface area contributed by atoms with Gasteiger partial charge >= 0.3 is 0 Å². The van der Waals surface area contributed by atoms with Gasteiger partial charge in [-0.1, -0.05) is 26.0 Å². The van der Waals surface area contributed by atoms with Crippen LogP contribution in [0.4, 0.5) is 11.6 Å². The third-order valence-electron chi connectivity index (χ3n) is 5.24. The number of anilines is 2. The molecule has 29 heavy (non-hydrogen) atoms. The van der Waals surface area contributed by atoms with Gasteiger partial charge in [0.1, 0.15) is 11.3 Å². The van der Waals surface area contributed by atoms with E-state index < -0.39 is 11.8 Å². The maximum atomic E-state index is 13.1. The lowest BCUT2D eigenvalue weighted by Gasteiger charge is -2.29. The van der Waals surface area contributed by atoms with Gasteiger partial charge in [0.25, 0.3) is 11.8 Å². The SMILES string of the molecule is CC(C)c1ccc(N2C(=O)/C(=C/c3ccc(N4CCCC4)o3)C(=O)NC2=S)cc1. The van der Waals surface area contributed by atoms with Crippen molar-refractivity contribution in [1.82, 2.24) is 5.32 Å². The minimum atomic E-state index is -0.519. The highest BCUT2D eigenvalue weighted by molar-refractivity contribution is 7.80. The van der Waals surface area contributed by atoms with Gasteiger partial charge in [-0.05, 0) is 60.8 Å². The Balaban J connectivity index is 1.61. The first-order chi connectivity index (χ1) is 13.9. The Hall–Kier alpha value is -2.93. The summed E-state index contributed by atoms with van der Waals surface area (Å²) in [5, 5.41) is 2.68. The zero-order valence-electron chi connectivity index (χ0n) is 16.5. The molecule has 3 heterocycles. The molecule has 6 nitrogen and oxygen atoms in total. The lowest BCUT2D eigenvalue weighted by atomic mass is 10.0. The zero-order valence-corrected chi connectivity index (χ0v) is 17.3. The molecular formula is C22H23N3O3S. The first-order valence-electron chi connectivity index (χ1n) is 9.80. The van der Waals surface area contributed by atoms with Crippen LogP contribution in [-0.4, -0.2) is 30.0 Å². The quantitative estimate of drug-likeness (QED) is 0.472. The highest BCUT2D eigenvalue weighted by atomic mass is 32.1. The fraction of sp³-hybridized carbons (Fsp3) is 0.318. The minimum Gasteiger partial charge on any atom is -0.441 e. The number of benzene rings is 1. The van der Waals surface area contributed by atoms with Crippen molar-refractivity contribution in [2.45, 2.75) is 32.6 Å². The molecule has 1 aromatic carbocycles. The highest BCUT2D eigenvalue weighted by Gasteiger charge is 2.34. The van der Waals surface area contributed by atoms with E-state index >= 15 is 0 Å². The third kappa shape index (κ3) is 3.82. The van der Waals surface area contributed by atoms with Crippen molar-refractivity contribution in [2.75, 3.05) is 22.9 Å². The van der Waals surface area contributed by atoms with Gasteiger partial charge in [0.05, 0.1) is 5.69 Å². The molecule has 150 valence electrons. The number of amides is 2. The van der Waals surface area contributed by atoms with Gasteiger partial charge in [-0.3, -0.25) is 19.8 Å². The molecule has 2 aliphatic heterocycles. The maximum absolute atomic E-state index is 13.1. The molecule has 2 saturated heterocycles. The molecule has 2 aliphatic rings. The lowest BCUT2D eigenvalue weighted by Crippen LogP contribution is -2.54. The topological polar surface area (TPSA) is 65.8 Å². The number of furan rings is 1. The molecule has 1 N–H and O–H groups in total. The van der Waals surface area contributed by atoms with Crippen molar-refractivity contribution in [3.05, 3.63) is 53.3 Å². The summed E-state index contributed by atoms with van der Waals surface area (Å²) in [7, 11) is 0. The maximum Gasteiger partial charge on any atom is 0.270 e. The Bertz CT molecular complexity index is 985. The number of carbonyl (C=O) groups is 2. The second-order valence-corrected chi connectivity index (χ2v) is 7.96. The van der Waals surface area contributed by atoms with Crippen molar-refractivity contribution in [1.29, 1.82) is 0 Å². The van der Waals surface area contributed by atoms with E-state index in [-0.39, 0.29) is 10.7 Å². The molecule has 1 aromatic heterocycles. The number of carbonyl (C=O) groups excluding carboxylic acids is 2. The van der Waals surface area contributed by atoms with Gasteiger partial charge in [0.15, 0.2) is 11.0 Å². The molecule has 0 aliphatic carbocycles. The van der Waals surface area contributed by atoms with Crippen LogP contribution in [0.3, 0.4) is 0 Å². The van der Waals surface area contributed by atoms with E-state index in [1.807, 2.05) is 30.3 Å². The van der Waals surface area contributed by atoms with Gasteiger partial charge in [-0.2, -0.15) is 0 Å². The van der Waals surface area contributed by atoms with Gasteiger partial charge in [0, 0.05) is 19.2 Å². The van der Waals surface area contributed by atoms with Crippen LogP contribution in [0.15, 0.2) is 46.4 Å². The van der Waals surface area contributed by atoms with Crippen molar-refractivity contribution in [2.24, 2.45) is 0 Å². The van der Waals surface area contributed by atoms with E-state index in [1.54, 1.807) is 6.07 Å². The molecule has 2 fully saturated rings. The van der Waals surface area contributed by atoms with Crippen molar-refractivity contribution >= 4 is 46.8 Å². The van der Waals surface area contributed by atoms with Crippen LogP contribution < -0.4 is 15.1 Å². The molecule has 7 heteroatoms. The number of nitrogens with zero attached hydrogens (tertiary/aromatic N) is 2. The average Bonchev–Trinajstić information content (AvgIpc) is 3.37. The minimum absolute atomic E-state index is 0.00569. The molecule has 2 amide bonds. The Morgan fingerprint density at radius 3 is 2.41 bits per heavy atom. The monoisotopic (exact) mass is 409 g/mol. The molecule has 4 rings (SSSR count). The zero-order chi connectivity index (χ0) is 20.5. The molecule has 0 bridgehead atoms. The number of hydrogen-bond donors (Lipinski definition) is 1. The second-order valence-electron chi connectivity index (χ2n) is 7.57. The Morgan fingerprint density at radius 2 is 1.76 bits per heavy atom. The summed E-state index contributed by atoms with van der Waals surface area (Å²) >= 11 is 5.26. The van der Waals surface area contributed by atoms with Crippen LogP contribution in [0.2, 0.25) is 0 Å². The first-order valence-corrected chi connectivity index (χ1v) is 10.2. The van der Waals surface area contributed by atoms with Crippen LogP contribution in [0.25, 0.3) is 6.08 Å². The second kappa shape index (κ2) is 7.83. The van der Waals surface area contributed by atoms with Gasteiger partial charge in [-0.25, -0.2) is 0 Å². The number of nitrogens with one attached hydrogen (secondary N) is 1. The number of rotatable bonds is 4. The summed E-state index contributed by atoms with van der Waals surface area (Å²) < 4.78 is 5.84. The Labute approximate surface area is 175 Å². The largest absolute Gasteiger partial charge is 0.441 e. The van der Waals surface area contributed by atoms with Crippen LogP contribution >= 0.6 is 12.2 Å². The van der Waals surface area contributed by atoms with E-state index in [0.717, 1.165) is 37.4 Å². The summed E-state index contributed by atoms with van der Waals surface area (Å²) in [5.74, 6) is 0.624. The molecule has 0 spiro atoms. The number of hydrogen-bond acceptors (Lipinski definition) is 5. The van der Waals surface area contributed by atoms with Crippen LogP contribution in [0.1, 0.15) is 43.9 Å². The Kier molecular flexibility index (Phi) is 5.24. The van der Waals surface area contributed by atoms with E-state index in [4.69, 9.17) is 16.6 Å². The summed E-state index contributed by atoms with van der Waals surface area (Å²) in [6, 6.07) is 11.3. The van der Waals surface area contributed by atoms with E-state index in [9.17, 15) is 9.59 Å². The predicted octanol–water partition coefficient (Wildman–Crippen LogP) is 3.83. The summed E-state index contributed by atoms with van der Waals surface area (Å²) in [6.45, 7) is 6.12. The molecule has 0 atom stereocenters. The van der Waals surface area contributed by atoms with Crippen LogP contribution in [0, 0.1) is 0 Å². The summed E-state index contributed by atoms with van der Waals surface area (Å²) in [6.07, 6.45) is 3.76. The Morgan fingerprint density at radius 1 is 1.07 bits per heavy atom. The highest BCUT2D eigenvalue weighted by Crippen LogP contribution is 2.27. The molecule has 0 unspecified atom stereocenters. The van der Waals surface area contributed by atoms with E-state index in [1.165, 1.54) is 11.0 Å². The normalized spacial score (nSPS) is 18.9. The average molecular weight is 410 g/mol. The smallest absolute Gasteiger partial charge is 0.270 e. The van der Waals surface area contributed by atoms with Crippen molar-refractivity contribution < 1.29 is 14.0 Å². The van der Waals surface area contributed by atoms with Gasteiger partial charge in [0.2, 0.25) is 0 Å². The number of thiocarbonyl (C=S) groups is 1. The molecular weight excluding hydrogens is 386 g/mol. The molecule has 0 radical (unpaired) electrons.